The summed E-state index contributed by atoms with van der Waals surface area (Å²) in [6.45, 7) is 0. The lowest BCUT2D eigenvalue weighted by Gasteiger charge is -1.97. The van der Waals surface area contributed by atoms with Gasteiger partial charge in [0, 0.05) is 10.4 Å². The maximum Gasteiger partial charge on any atom is 0.106 e. The normalized spacial score (nSPS) is 10.5. The van der Waals surface area contributed by atoms with Gasteiger partial charge < -0.3 is 0 Å². The van der Waals surface area contributed by atoms with E-state index < -0.39 is 0 Å². The fraction of sp³-hybridized carbons (Fsp3) is 0. The Morgan fingerprint density at radius 2 is 1.92 bits per heavy atom. The maximum absolute atomic E-state index is 5.82. The van der Waals surface area contributed by atoms with Gasteiger partial charge in [-0.05, 0) is 34.1 Å². The second kappa shape index (κ2) is 3.04. The first kappa shape index (κ1) is 8.02. The van der Waals surface area contributed by atoms with E-state index in [2.05, 4.69) is 20.9 Å². The van der Waals surface area contributed by atoms with Gasteiger partial charge in [-0.25, -0.2) is 4.98 Å². The summed E-state index contributed by atoms with van der Waals surface area (Å²) in [5, 5.41) is 1.82. The minimum atomic E-state index is 0.716. The van der Waals surface area contributed by atoms with E-state index in [1.165, 1.54) is 0 Å². The third-order valence-electron chi connectivity index (χ3n) is 1.62. The van der Waals surface area contributed by atoms with Crippen molar-refractivity contribution in [1.29, 1.82) is 0 Å². The molecule has 2 rings (SSSR count). The fourth-order valence-electron chi connectivity index (χ4n) is 1.07. The van der Waals surface area contributed by atoms with Crippen molar-refractivity contribution in [2.75, 3.05) is 0 Å². The van der Waals surface area contributed by atoms with Crippen molar-refractivity contribution < 1.29 is 0 Å². The molecule has 60 valence electrons. The zero-order valence-corrected chi connectivity index (χ0v) is 8.43. The predicted octanol–water partition coefficient (Wildman–Crippen LogP) is 3.65. The Balaban J connectivity index is 2.80. The topological polar surface area (TPSA) is 12.9 Å². The molecule has 3 heteroatoms. The Morgan fingerprint density at radius 3 is 2.75 bits per heavy atom. The van der Waals surface area contributed by atoms with Crippen LogP contribution in [0.25, 0.3) is 10.9 Å². The molecule has 1 aromatic carbocycles. The van der Waals surface area contributed by atoms with E-state index in [4.69, 9.17) is 11.6 Å². The number of hydrogen-bond acceptors (Lipinski definition) is 1. The zero-order chi connectivity index (χ0) is 8.55. The molecule has 0 N–H and O–H groups in total. The van der Waals surface area contributed by atoms with Crippen LogP contribution in [-0.4, -0.2) is 4.98 Å². The second-order valence-electron chi connectivity index (χ2n) is 2.47. The minimum Gasteiger partial charge on any atom is -0.241 e. The molecule has 0 atom stereocenters. The van der Waals surface area contributed by atoms with E-state index in [-0.39, 0.29) is 0 Å². The van der Waals surface area contributed by atoms with Gasteiger partial charge in [-0.15, -0.1) is 0 Å². The molecule has 0 fully saturated rings. The van der Waals surface area contributed by atoms with Crippen LogP contribution in [-0.2, 0) is 0 Å². The molecule has 0 amide bonds. The number of hydrogen-bond donors (Lipinski definition) is 0. The average Bonchev–Trinajstić information content (AvgIpc) is 2.03. The number of aromatic nitrogens is 1. The van der Waals surface area contributed by atoms with Crippen LogP contribution < -0.4 is 0 Å². The highest BCUT2D eigenvalue weighted by Crippen LogP contribution is 2.19. The first-order chi connectivity index (χ1) is 5.75. The van der Waals surface area contributed by atoms with Crippen molar-refractivity contribution in [3.05, 3.63) is 40.0 Å². The van der Waals surface area contributed by atoms with E-state index in [9.17, 15) is 0 Å². The monoisotopic (exact) mass is 241 g/mol. The van der Waals surface area contributed by atoms with Crippen molar-refractivity contribution in [2.45, 2.75) is 0 Å². The number of fused-ring (bicyclic) bond motifs is 1. The lowest BCUT2D eigenvalue weighted by Crippen LogP contribution is -1.78. The van der Waals surface area contributed by atoms with Crippen LogP contribution in [0.5, 0.6) is 0 Å². The first-order valence-electron chi connectivity index (χ1n) is 3.47. The van der Waals surface area contributed by atoms with E-state index in [0.717, 1.165) is 15.5 Å². The zero-order valence-electron chi connectivity index (χ0n) is 6.09. The molecule has 0 bridgehead atoms. The van der Waals surface area contributed by atoms with Crippen LogP contribution in [0.4, 0.5) is 0 Å². The number of nitrogens with zero attached hydrogens (tertiary/aromatic N) is 1. The lowest BCUT2D eigenvalue weighted by molar-refractivity contribution is 1.35. The summed E-state index contributed by atoms with van der Waals surface area (Å²) >= 11 is 9.12. The highest BCUT2D eigenvalue weighted by atomic mass is 79.9. The largest absolute Gasteiger partial charge is 0.241 e. The molecule has 0 saturated heterocycles. The summed E-state index contributed by atoms with van der Waals surface area (Å²) in [6.07, 6.45) is 0. The smallest absolute Gasteiger partial charge is 0.106 e. The summed E-state index contributed by atoms with van der Waals surface area (Å²) < 4.78 is 0.831. The van der Waals surface area contributed by atoms with Gasteiger partial charge in [-0.1, -0.05) is 23.7 Å². The van der Waals surface area contributed by atoms with Crippen molar-refractivity contribution in [3.63, 3.8) is 0 Å². The van der Waals surface area contributed by atoms with Gasteiger partial charge in [0.25, 0.3) is 0 Å². The van der Waals surface area contributed by atoms with Crippen LogP contribution in [0.2, 0.25) is 5.02 Å². The molecule has 1 aromatic heterocycles. The fourth-order valence-corrected chi connectivity index (χ4v) is 1.56. The van der Waals surface area contributed by atoms with Crippen molar-refractivity contribution in [3.8, 4) is 0 Å². The van der Waals surface area contributed by atoms with Crippen LogP contribution >= 0.6 is 27.5 Å². The summed E-state index contributed by atoms with van der Waals surface area (Å²) in [5.41, 5.74) is 0.914. The van der Waals surface area contributed by atoms with Gasteiger partial charge >= 0.3 is 0 Å². The molecular formula is C9H5BrClN. The number of benzene rings is 1. The van der Waals surface area contributed by atoms with Crippen molar-refractivity contribution in [1.82, 2.24) is 4.98 Å². The molecule has 0 saturated carbocycles. The molecule has 0 aliphatic heterocycles. The van der Waals surface area contributed by atoms with Gasteiger partial charge in [0.15, 0.2) is 0 Å². The molecule has 0 radical (unpaired) electrons. The number of pyridine rings is 1. The van der Waals surface area contributed by atoms with E-state index in [0.29, 0.717) is 5.02 Å². The molecule has 1 heterocycles. The van der Waals surface area contributed by atoms with Gasteiger partial charge in [-0.2, -0.15) is 0 Å². The van der Waals surface area contributed by atoms with Crippen LogP contribution in [0.3, 0.4) is 0 Å². The lowest BCUT2D eigenvalue weighted by atomic mass is 10.2. The molecule has 0 aliphatic rings. The van der Waals surface area contributed by atoms with E-state index in [1.807, 2.05) is 30.3 Å². The molecule has 2 aromatic rings. The van der Waals surface area contributed by atoms with Crippen LogP contribution in [0, 0.1) is 0 Å². The summed E-state index contributed by atoms with van der Waals surface area (Å²) in [7, 11) is 0. The van der Waals surface area contributed by atoms with E-state index in [1.54, 1.807) is 0 Å². The third kappa shape index (κ3) is 1.45. The molecule has 0 unspecified atom stereocenters. The highest BCUT2D eigenvalue weighted by Gasteiger charge is 1.95. The predicted molar refractivity (Wildman–Crippen MR) is 54.5 cm³/mol. The average molecular weight is 243 g/mol. The Hall–Kier alpha value is -0.600. The van der Waals surface area contributed by atoms with Crippen LogP contribution in [0.15, 0.2) is 34.9 Å². The standard InChI is InChI=1S/C9H5BrClN/c10-9-4-2-6-1-3-7(11)5-8(6)12-9/h1-5H. The Kier molecular flexibility index (Phi) is 2.03. The summed E-state index contributed by atoms with van der Waals surface area (Å²) in [4.78, 5) is 4.27. The van der Waals surface area contributed by atoms with E-state index >= 15 is 0 Å². The molecule has 1 nitrogen and oxygen atoms in total. The van der Waals surface area contributed by atoms with Crippen LogP contribution in [0.1, 0.15) is 0 Å². The third-order valence-corrected chi connectivity index (χ3v) is 2.30. The van der Waals surface area contributed by atoms with Crippen molar-refractivity contribution in [2.24, 2.45) is 0 Å². The van der Waals surface area contributed by atoms with Gasteiger partial charge in [0.2, 0.25) is 0 Å². The molecular weight excluding hydrogens is 237 g/mol. The number of halogens is 2. The van der Waals surface area contributed by atoms with Gasteiger partial charge in [0.1, 0.15) is 4.60 Å². The maximum atomic E-state index is 5.82. The van der Waals surface area contributed by atoms with Crippen molar-refractivity contribution >= 4 is 38.4 Å². The Labute approximate surface area is 83.5 Å². The van der Waals surface area contributed by atoms with Gasteiger partial charge in [-0.3, -0.25) is 0 Å². The SMILES string of the molecule is Clc1ccc2ccc(Br)nc2c1. The first-order valence-corrected chi connectivity index (χ1v) is 4.64. The second-order valence-corrected chi connectivity index (χ2v) is 3.72. The Bertz CT molecular complexity index is 391. The van der Waals surface area contributed by atoms with Gasteiger partial charge in [0.05, 0.1) is 5.52 Å². The molecule has 0 spiro atoms. The summed E-state index contributed by atoms with van der Waals surface area (Å²) in [5.74, 6) is 0. The summed E-state index contributed by atoms with van der Waals surface area (Å²) in [6, 6.07) is 9.58. The minimum absolute atomic E-state index is 0.716. The highest BCUT2D eigenvalue weighted by molar-refractivity contribution is 9.10. The number of rotatable bonds is 0. The quantitative estimate of drug-likeness (QED) is 0.643. The molecule has 12 heavy (non-hydrogen) atoms. The Morgan fingerprint density at radius 1 is 1.17 bits per heavy atom. The molecule has 0 aliphatic carbocycles.